The number of ether oxygens (including phenoxy) is 4. The van der Waals surface area contributed by atoms with Crippen LogP contribution in [0.5, 0.6) is 0 Å². The van der Waals surface area contributed by atoms with Crippen molar-refractivity contribution in [2.45, 2.75) is 450 Å². The SMILES string of the molecule is CCCCCCC/C=C\C/C=C\C/C=C\CCCCCCCCCCCCCCCCCCC(=O)OC(COC(=O)CCCCCCCCCCCCCCCCCCCCCCCCCCCCCCCCCCCCCCCCC)COC(OCC[N+](C)(C)C)C(=O)[O-]. The lowest BCUT2D eigenvalue weighted by Crippen LogP contribution is -2.44. The third kappa shape index (κ3) is 78.7. The van der Waals surface area contributed by atoms with Crippen molar-refractivity contribution in [3.63, 3.8) is 0 Å². The summed E-state index contributed by atoms with van der Waals surface area (Å²) in [7, 11) is 5.95. The van der Waals surface area contributed by atoms with Crippen molar-refractivity contribution in [1.82, 2.24) is 0 Å². The number of esters is 2. The van der Waals surface area contributed by atoms with Crippen molar-refractivity contribution in [3.05, 3.63) is 36.5 Å². The van der Waals surface area contributed by atoms with E-state index < -0.39 is 24.3 Å². The number of carboxylic acids is 1. The lowest BCUT2D eigenvalue weighted by molar-refractivity contribution is -0.870. The summed E-state index contributed by atoms with van der Waals surface area (Å²) in [6.07, 6.45) is 97.3. The Balaban J connectivity index is 3.93. The van der Waals surface area contributed by atoms with E-state index in [1.165, 1.54) is 360 Å². The normalized spacial score (nSPS) is 12.7. The van der Waals surface area contributed by atoms with Crippen molar-refractivity contribution in [2.75, 3.05) is 47.5 Å². The number of quaternary nitrogens is 1. The molecule has 0 N–H and O–H groups in total. The highest BCUT2D eigenvalue weighted by Gasteiger charge is 2.22. The van der Waals surface area contributed by atoms with Gasteiger partial charge in [0.15, 0.2) is 12.4 Å². The van der Waals surface area contributed by atoms with Crippen LogP contribution in [0.1, 0.15) is 438 Å². The molecule has 0 radical (unpaired) electrons. The molecule has 0 amide bonds. The molecule has 0 aliphatic heterocycles. The standard InChI is InChI=1S/C86H163NO8/c1-6-8-10-12-14-16-18-20-22-24-26-28-30-32-34-36-38-39-40-41-42-43-44-45-47-48-50-52-54-56-58-60-62-64-66-68-70-72-74-76-83(88)93-80-82(81-94-86(85(90)91)92-79-78-87(3,4)5)95-84(89)77-75-73-71-69-67-65-63-61-59-57-55-53-51-49-46-37-35-33-31-29-27-25-23-21-19-17-15-13-11-9-7-2/h19,21,25,27,31,33,82,86H,6-18,20,22-24,26,28-30,32,34-81H2,1-5H3/b21-19-,27-25-,33-31-. The average molecular weight is 1340 g/mol. The van der Waals surface area contributed by atoms with Crippen molar-refractivity contribution < 1.29 is 42.9 Å². The zero-order valence-electron chi connectivity index (χ0n) is 64.3. The van der Waals surface area contributed by atoms with Gasteiger partial charge in [-0.05, 0) is 51.4 Å². The van der Waals surface area contributed by atoms with E-state index in [-0.39, 0.29) is 32.2 Å². The lowest BCUT2D eigenvalue weighted by Gasteiger charge is -2.26. The van der Waals surface area contributed by atoms with Gasteiger partial charge >= 0.3 is 11.9 Å². The minimum absolute atomic E-state index is 0.151. The molecule has 560 valence electrons. The molecule has 2 atom stereocenters. The van der Waals surface area contributed by atoms with Gasteiger partial charge in [-0.25, -0.2) is 0 Å². The maximum atomic E-state index is 13.0. The van der Waals surface area contributed by atoms with E-state index in [4.69, 9.17) is 18.9 Å². The first-order valence-corrected chi connectivity index (χ1v) is 42.1. The second-order valence-electron chi connectivity index (χ2n) is 30.1. The maximum Gasteiger partial charge on any atom is 0.306 e. The summed E-state index contributed by atoms with van der Waals surface area (Å²) in [5.41, 5.74) is 0. The second-order valence-corrected chi connectivity index (χ2v) is 30.1. The van der Waals surface area contributed by atoms with Gasteiger partial charge in [0.1, 0.15) is 13.2 Å². The molecule has 0 aromatic heterocycles. The minimum atomic E-state index is -1.62. The molecule has 0 bridgehead atoms. The van der Waals surface area contributed by atoms with E-state index in [1.807, 2.05) is 21.1 Å². The van der Waals surface area contributed by atoms with Gasteiger partial charge in [-0.15, -0.1) is 0 Å². The molecular weight excluding hydrogens is 1170 g/mol. The Morgan fingerprint density at radius 2 is 0.568 bits per heavy atom. The predicted molar refractivity (Wildman–Crippen MR) is 408 cm³/mol. The summed E-state index contributed by atoms with van der Waals surface area (Å²) in [4.78, 5) is 37.6. The molecule has 0 fully saturated rings. The third-order valence-corrected chi connectivity index (χ3v) is 19.4. The van der Waals surface area contributed by atoms with Gasteiger partial charge in [-0.3, -0.25) is 9.59 Å². The highest BCUT2D eigenvalue weighted by atomic mass is 16.7. The summed E-state index contributed by atoms with van der Waals surface area (Å²) in [5, 5.41) is 11.9. The van der Waals surface area contributed by atoms with E-state index in [1.54, 1.807) is 0 Å². The number of unbranched alkanes of at least 4 members (excludes halogenated alkanes) is 59. The summed E-state index contributed by atoms with van der Waals surface area (Å²) < 4.78 is 22.9. The fourth-order valence-corrected chi connectivity index (χ4v) is 13.0. The van der Waals surface area contributed by atoms with Crippen LogP contribution in [0.3, 0.4) is 0 Å². The van der Waals surface area contributed by atoms with E-state index >= 15 is 0 Å². The van der Waals surface area contributed by atoms with Gasteiger partial charge in [0, 0.05) is 12.8 Å². The Hall–Kier alpha value is -2.49. The van der Waals surface area contributed by atoms with Crippen molar-refractivity contribution in [1.29, 1.82) is 0 Å². The largest absolute Gasteiger partial charge is 0.545 e. The first kappa shape index (κ1) is 92.5. The first-order valence-electron chi connectivity index (χ1n) is 42.1. The molecule has 0 aromatic carbocycles. The second kappa shape index (κ2) is 77.3. The molecular formula is C86H163NO8. The number of aliphatic carboxylic acids is 1. The summed E-state index contributed by atoms with van der Waals surface area (Å²) in [5.74, 6) is -2.25. The number of allylic oxidation sites excluding steroid dienone is 6. The van der Waals surface area contributed by atoms with E-state index in [0.717, 1.165) is 44.9 Å². The molecule has 0 spiro atoms. The molecule has 95 heavy (non-hydrogen) atoms. The van der Waals surface area contributed by atoms with Crippen LogP contribution in [-0.4, -0.2) is 82.3 Å². The first-order chi connectivity index (χ1) is 46.6. The maximum absolute atomic E-state index is 13.0. The van der Waals surface area contributed by atoms with Crippen molar-refractivity contribution in [2.24, 2.45) is 0 Å². The topological polar surface area (TPSA) is 111 Å². The van der Waals surface area contributed by atoms with E-state index in [9.17, 15) is 19.5 Å². The van der Waals surface area contributed by atoms with Crippen LogP contribution in [0, 0.1) is 0 Å². The predicted octanol–water partition coefficient (Wildman–Crippen LogP) is 25.7. The third-order valence-electron chi connectivity index (χ3n) is 19.4. The smallest absolute Gasteiger partial charge is 0.306 e. The summed E-state index contributed by atoms with van der Waals surface area (Å²) >= 11 is 0. The van der Waals surface area contributed by atoms with Gasteiger partial charge in [0.2, 0.25) is 0 Å². The number of likely N-dealkylation sites (N-methyl/N-ethyl adjacent to an activating group) is 1. The number of hydrogen-bond donors (Lipinski definition) is 0. The Kier molecular flexibility index (Phi) is 75.2. The quantitative estimate of drug-likeness (QED) is 0.0195. The van der Waals surface area contributed by atoms with Gasteiger partial charge in [-0.2, -0.15) is 0 Å². The highest BCUT2D eigenvalue weighted by molar-refractivity contribution is 5.70. The molecule has 9 nitrogen and oxygen atoms in total. The van der Waals surface area contributed by atoms with Gasteiger partial charge < -0.3 is 33.3 Å². The Morgan fingerprint density at radius 1 is 0.316 bits per heavy atom. The van der Waals surface area contributed by atoms with Gasteiger partial charge in [-0.1, -0.05) is 410 Å². The van der Waals surface area contributed by atoms with E-state index in [2.05, 4.69) is 50.3 Å². The van der Waals surface area contributed by atoms with Crippen LogP contribution in [0.25, 0.3) is 0 Å². The fourth-order valence-electron chi connectivity index (χ4n) is 13.0. The van der Waals surface area contributed by atoms with Crippen LogP contribution < -0.4 is 5.11 Å². The Bertz CT molecular complexity index is 1650. The van der Waals surface area contributed by atoms with E-state index in [0.29, 0.717) is 23.9 Å². The van der Waals surface area contributed by atoms with Crippen molar-refractivity contribution >= 4 is 17.9 Å². The Labute approximate surface area is 591 Å². The van der Waals surface area contributed by atoms with Crippen LogP contribution >= 0.6 is 0 Å². The number of nitrogens with zero attached hydrogens (tertiary/aromatic N) is 1. The molecule has 0 heterocycles. The molecule has 2 unspecified atom stereocenters. The summed E-state index contributed by atoms with van der Waals surface area (Å²) in [6.45, 7) is 4.82. The van der Waals surface area contributed by atoms with Crippen molar-refractivity contribution in [3.8, 4) is 0 Å². The molecule has 0 aliphatic carbocycles. The van der Waals surface area contributed by atoms with Crippen LogP contribution in [-0.2, 0) is 33.3 Å². The van der Waals surface area contributed by atoms with Gasteiger partial charge in [0.05, 0.1) is 40.3 Å². The number of hydrogen-bond acceptors (Lipinski definition) is 8. The number of carbonyl (C=O) groups excluding carboxylic acids is 3. The molecule has 0 rings (SSSR count). The molecule has 0 aromatic rings. The zero-order valence-corrected chi connectivity index (χ0v) is 64.3. The number of carboxylic acid groups (broad SMARTS) is 1. The summed E-state index contributed by atoms with van der Waals surface area (Å²) in [6, 6.07) is 0. The molecule has 0 saturated carbocycles. The number of rotatable bonds is 80. The minimum Gasteiger partial charge on any atom is -0.545 e. The number of carbonyl (C=O) groups is 3. The van der Waals surface area contributed by atoms with Gasteiger partial charge in [0.25, 0.3) is 0 Å². The molecule has 9 heteroatoms. The van der Waals surface area contributed by atoms with Crippen LogP contribution in [0.4, 0.5) is 0 Å². The molecule has 0 saturated heterocycles. The molecule has 0 aliphatic rings. The van der Waals surface area contributed by atoms with Crippen LogP contribution in [0.2, 0.25) is 0 Å². The monoisotopic (exact) mass is 1340 g/mol. The lowest BCUT2D eigenvalue weighted by atomic mass is 10.0. The van der Waals surface area contributed by atoms with Crippen LogP contribution in [0.15, 0.2) is 36.5 Å². The Morgan fingerprint density at radius 3 is 0.842 bits per heavy atom. The zero-order chi connectivity index (χ0) is 69.0. The fraction of sp³-hybridized carbons (Fsp3) is 0.895. The highest BCUT2D eigenvalue weighted by Crippen LogP contribution is 2.20. The average Bonchev–Trinajstić information content (AvgIpc) is 3.24.